The molecule has 3 heteroatoms. The van der Waals surface area contributed by atoms with Crippen LogP contribution in [0.15, 0.2) is 24.3 Å². The third-order valence-electron chi connectivity index (χ3n) is 3.42. The molecule has 0 aliphatic rings. The van der Waals surface area contributed by atoms with E-state index in [2.05, 4.69) is 24.3 Å². The Hall–Kier alpha value is -1.09. The Balaban J connectivity index is 3.18. The van der Waals surface area contributed by atoms with Gasteiger partial charge in [0, 0.05) is 13.0 Å². The van der Waals surface area contributed by atoms with E-state index < -0.39 is 5.97 Å². The second-order valence-corrected chi connectivity index (χ2v) is 5.48. The highest BCUT2D eigenvalue weighted by Gasteiger charge is 1.95. The molecule has 0 spiro atoms. The average Bonchev–Trinajstić information content (AvgIpc) is 2.46. The van der Waals surface area contributed by atoms with Crippen LogP contribution in [0.25, 0.3) is 0 Å². The van der Waals surface area contributed by atoms with Crippen LogP contribution in [-0.2, 0) is 4.79 Å². The van der Waals surface area contributed by atoms with Gasteiger partial charge in [0.25, 0.3) is 0 Å². The van der Waals surface area contributed by atoms with Crippen LogP contribution < -0.4 is 0 Å². The molecule has 0 aromatic rings. The number of allylic oxidation sites excluding steroid dienone is 4. The SMILES string of the molecule is O=C(O)CCCCCCCC/C=C/C=C\CCCCCO. The Morgan fingerprint density at radius 3 is 1.71 bits per heavy atom. The number of aliphatic hydroxyl groups is 1. The summed E-state index contributed by atoms with van der Waals surface area (Å²) < 4.78 is 0. The van der Waals surface area contributed by atoms with Crippen molar-refractivity contribution in [2.45, 2.75) is 77.0 Å². The van der Waals surface area contributed by atoms with Crippen molar-refractivity contribution in [3.8, 4) is 0 Å². The molecule has 0 bridgehead atoms. The van der Waals surface area contributed by atoms with E-state index in [0.29, 0.717) is 13.0 Å². The summed E-state index contributed by atoms with van der Waals surface area (Å²) in [5, 5.41) is 17.1. The molecule has 0 rings (SSSR count). The Bertz CT molecular complexity index is 282. The third kappa shape index (κ3) is 18.9. The fourth-order valence-electron chi connectivity index (χ4n) is 2.15. The number of carbonyl (C=O) groups is 1. The molecule has 0 aromatic carbocycles. The standard InChI is InChI=1S/C18H32O3/c19-17-15-13-11-9-7-5-3-1-2-4-6-8-10-12-14-16-18(20)21/h1,3,5,7,19H,2,4,6,8-17H2,(H,20,21)/b3-1+,7-5-. The van der Waals surface area contributed by atoms with Gasteiger partial charge in [-0.15, -0.1) is 0 Å². The molecule has 0 aliphatic heterocycles. The fourth-order valence-corrected chi connectivity index (χ4v) is 2.15. The van der Waals surface area contributed by atoms with Crippen LogP contribution in [0.1, 0.15) is 77.0 Å². The predicted octanol–water partition coefficient (Wildman–Crippen LogP) is 4.86. The van der Waals surface area contributed by atoms with E-state index >= 15 is 0 Å². The van der Waals surface area contributed by atoms with Crippen LogP contribution >= 0.6 is 0 Å². The van der Waals surface area contributed by atoms with E-state index in [4.69, 9.17) is 10.2 Å². The van der Waals surface area contributed by atoms with Gasteiger partial charge in [0.2, 0.25) is 0 Å². The van der Waals surface area contributed by atoms with Gasteiger partial charge in [-0.1, -0.05) is 56.4 Å². The number of rotatable bonds is 15. The molecule has 2 N–H and O–H groups in total. The summed E-state index contributed by atoms with van der Waals surface area (Å²) in [7, 11) is 0. The molecule has 0 unspecified atom stereocenters. The number of hydrogen-bond donors (Lipinski definition) is 2. The van der Waals surface area contributed by atoms with Crippen molar-refractivity contribution in [3.63, 3.8) is 0 Å². The maximum atomic E-state index is 10.3. The Morgan fingerprint density at radius 1 is 0.714 bits per heavy atom. The maximum Gasteiger partial charge on any atom is 0.303 e. The van der Waals surface area contributed by atoms with E-state index in [9.17, 15) is 4.79 Å². The lowest BCUT2D eigenvalue weighted by atomic mass is 10.1. The quantitative estimate of drug-likeness (QED) is 0.335. The van der Waals surface area contributed by atoms with E-state index in [-0.39, 0.29) is 0 Å². The number of hydrogen-bond acceptors (Lipinski definition) is 2. The van der Waals surface area contributed by atoms with Crippen LogP contribution in [0.4, 0.5) is 0 Å². The molecule has 3 nitrogen and oxygen atoms in total. The first kappa shape index (κ1) is 19.9. The summed E-state index contributed by atoms with van der Waals surface area (Å²) in [5.74, 6) is -0.679. The van der Waals surface area contributed by atoms with E-state index in [1.807, 2.05) is 0 Å². The second kappa shape index (κ2) is 17.0. The Morgan fingerprint density at radius 2 is 1.19 bits per heavy atom. The molecule has 21 heavy (non-hydrogen) atoms. The summed E-state index contributed by atoms with van der Waals surface area (Å²) in [6.07, 6.45) is 21.1. The first-order valence-electron chi connectivity index (χ1n) is 8.41. The topological polar surface area (TPSA) is 57.5 Å². The number of aliphatic hydroxyl groups excluding tert-OH is 1. The van der Waals surface area contributed by atoms with E-state index in [1.165, 1.54) is 19.3 Å². The van der Waals surface area contributed by atoms with Gasteiger partial charge in [-0.3, -0.25) is 4.79 Å². The second-order valence-electron chi connectivity index (χ2n) is 5.48. The largest absolute Gasteiger partial charge is 0.481 e. The number of aliphatic carboxylic acids is 1. The number of unbranched alkanes of at least 4 members (excludes halogenated alkanes) is 9. The molecule has 0 saturated heterocycles. The van der Waals surface area contributed by atoms with Crippen molar-refractivity contribution < 1.29 is 15.0 Å². The maximum absolute atomic E-state index is 10.3. The van der Waals surface area contributed by atoms with Gasteiger partial charge in [0.05, 0.1) is 0 Å². The summed E-state index contributed by atoms with van der Waals surface area (Å²) >= 11 is 0. The predicted molar refractivity (Wildman–Crippen MR) is 88.4 cm³/mol. The highest BCUT2D eigenvalue weighted by atomic mass is 16.4. The van der Waals surface area contributed by atoms with Crippen molar-refractivity contribution in [2.24, 2.45) is 0 Å². The monoisotopic (exact) mass is 296 g/mol. The Kier molecular flexibility index (Phi) is 16.1. The minimum atomic E-state index is -0.679. The van der Waals surface area contributed by atoms with Gasteiger partial charge in [-0.2, -0.15) is 0 Å². The molecule has 0 aromatic heterocycles. The normalized spacial score (nSPS) is 11.7. The molecule has 0 heterocycles. The van der Waals surface area contributed by atoms with Crippen LogP contribution in [0.5, 0.6) is 0 Å². The Labute approximate surface area is 129 Å². The number of carboxylic acids is 1. The molecule has 0 fully saturated rings. The zero-order valence-corrected chi connectivity index (χ0v) is 13.3. The first-order valence-corrected chi connectivity index (χ1v) is 8.41. The minimum Gasteiger partial charge on any atom is -0.481 e. The van der Waals surface area contributed by atoms with Crippen molar-refractivity contribution in [1.29, 1.82) is 0 Å². The van der Waals surface area contributed by atoms with Crippen LogP contribution in [0.2, 0.25) is 0 Å². The third-order valence-corrected chi connectivity index (χ3v) is 3.42. The summed E-state index contributed by atoms with van der Waals surface area (Å²) in [6, 6.07) is 0. The molecule has 0 amide bonds. The highest BCUT2D eigenvalue weighted by molar-refractivity contribution is 5.66. The van der Waals surface area contributed by atoms with Crippen LogP contribution in [-0.4, -0.2) is 22.8 Å². The zero-order valence-electron chi connectivity index (χ0n) is 13.3. The molecular weight excluding hydrogens is 264 g/mol. The summed E-state index contributed by atoms with van der Waals surface area (Å²) in [5.41, 5.74) is 0. The zero-order chi connectivity index (χ0) is 15.6. The van der Waals surface area contributed by atoms with Gasteiger partial charge < -0.3 is 10.2 Å². The van der Waals surface area contributed by atoms with E-state index in [0.717, 1.165) is 51.4 Å². The van der Waals surface area contributed by atoms with Crippen molar-refractivity contribution in [3.05, 3.63) is 24.3 Å². The molecule has 122 valence electrons. The molecular formula is C18H32O3. The fraction of sp³-hybridized carbons (Fsp3) is 0.722. The van der Waals surface area contributed by atoms with Crippen LogP contribution in [0.3, 0.4) is 0 Å². The smallest absolute Gasteiger partial charge is 0.303 e. The molecule has 0 radical (unpaired) electrons. The first-order chi connectivity index (χ1) is 10.3. The van der Waals surface area contributed by atoms with E-state index in [1.54, 1.807) is 0 Å². The van der Waals surface area contributed by atoms with Gasteiger partial charge in [0.15, 0.2) is 0 Å². The van der Waals surface area contributed by atoms with Crippen molar-refractivity contribution in [2.75, 3.05) is 6.61 Å². The molecule has 0 aliphatic carbocycles. The van der Waals surface area contributed by atoms with Gasteiger partial charge in [-0.25, -0.2) is 0 Å². The highest BCUT2D eigenvalue weighted by Crippen LogP contribution is 2.09. The van der Waals surface area contributed by atoms with Gasteiger partial charge in [-0.05, 0) is 38.5 Å². The molecule has 0 saturated carbocycles. The lowest BCUT2D eigenvalue weighted by Gasteiger charge is -1.99. The number of carboxylic acid groups (broad SMARTS) is 1. The van der Waals surface area contributed by atoms with Crippen molar-refractivity contribution >= 4 is 5.97 Å². The van der Waals surface area contributed by atoms with Gasteiger partial charge >= 0.3 is 5.97 Å². The van der Waals surface area contributed by atoms with Gasteiger partial charge in [0.1, 0.15) is 0 Å². The lowest BCUT2D eigenvalue weighted by molar-refractivity contribution is -0.137. The van der Waals surface area contributed by atoms with Crippen LogP contribution in [0, 0.1) is 0 Å². The summed E-state index contributed by atoms with van der Waals surface area (Å²) in [4.78, 5) is 10.3. The lowest BCUT2D eigenvalue weighted by Crippen LogP contribution is -1.93. The molecule has 0 atom stereocenters. The van der Waals surface area contributed by atoms with Crippen molar-refractivity contribution in [1.82, 2.24) is 0 Å². The minimum absolute atomic E-state index is 0.309. The average molecular weight is 296 g/mol. The summed E-state index contributed by atoms with van der Waals surface area (Å²) in [6.45, 7) is 0.309.